The summed E-state index contributed by atoms with van der Waals surface area (Å²) in [7, 11) is 1.59. The number of methoxy groups -OCH3 is 1. The molecule has 92 valence electrons. The summed E-state index contributed by atoms with van der Waals surface area (Å²) in [5.74, 6) is 1.33. The summed E-state index contributed by atoms with van der Waals surface area (Å²) in [5, 5.41) is 12.1. The van der Waals surface area contributed by atoms with Crippen LogP contribution in [0.3, 0.4) is 0 Å². The van der Waals surface area contributed by atoms with Crippen molar-refractivity contribution in [2.45, 2.75) is 25.9 Å². The van der Waals surface area contributed by atoms with Crippen LogP contribution < -0.4 is 14.8 Å². The van der Waals surface area contributed by atoms with Crippen LogP contribution >= 0.6 is 0 Å². The minimum absolute atomic E-state index is 0.251. The van der Waals surface area contributed by atoms with Crippen molar-refractivity contribution < 1.29 is 9.47 Å². The van der Waals surface area contributed by atoms with Gasteiger partial charge in [-0.25, -0.2) is 0 Å². The maximum Gasteiger partial charge on any atom is 0.161 e. The number of benzene rings is 1. The largest absolute Gasteiger partial charge is 0.493 e. The molecule has 4 nitrogen and oxygen atoms in total. The van der Waals surface area contributed by atoms with Crippen molar-refractivity contribution in [1.29, 1.82) is 5.26 Å². The SMILES string of the molecule is COc1ccccc1OCC(C#N)NC(C)C. The summed E-state index contributed by atoms with van der Waals surface area (Å²) < 4.78 is 10.7. The van der Waals surface area contributed by atoms with Gasteiger partial charge in [0.25, 0.3) is 0 Å². The average molecular weight is 234 g/mol. The molecular formula is C13H18N2O2. The first-order valence-electron chi connectivity index (χ1n) is 5.59. The van der Waals surface area contributed by atoms with Gasteiger partial charge in [-0.3, -0.25) is 5.32 Å². The van der Waals surface area contributed by atoms with E-state index in [0.29, 0.717) is 18.1 Å². The predicted octanol–water partition coefficient (Wildman–Crippen LogP) is 1.96. The van der Waals surface area contributed by atoms with Gasteiger partial charge in [0.15, 0.2) is 11.5 Å². The first kappa shape index (κ1) is 13.3. The Morgan fingerprint density at radius 2 is 1.94 bits per heavy atom. The van der Waals surface area contributed by atoms with Gasteiger partial charge in [0.1, 0.15) is 12.6 Å². The van der Waals surface area contributed by atoms with Gasteiger partial charge < -0.3 is 9.47 Å². The Morgan fingerprint density at radius 1 is 1.29 bits per heavy atom. The van der Waals surface area contributed by atoms with Crippen LogP contribution in [0.5, 0.6) is 11.5 Å². The maximum atomic E-state index is 8.96. The molecule has 0 saturated heterocycles. The second-order valence-corrected chi connectivity index (χ2v) is 3.96. The predicted molar refractivity (Wildman–Crippen MR) is 66.2 cm³/mol. The molecular weight excluding hydrogens is 216 g/mol. The summed E-state index contributed by atoms with van der Waals surface area (Å²) in [6.07, 6.45) is 0. The van der Waals surface area contributed by atoms with Gasteiger partial charge in [-0.1, -0.05) is 12.1 Å². The highest BCUT2D eigenvalue weighted by Gasteiger charge is 2.10. The number of nitrogens with one attached hydrogen (secondary N) is 1. The molecule has 0 aliphatic carbocycles. The van der Waals surface area contributed by atoms with Crippen LogP contribution in [-0.2, 0) is 0 Å². The molecule has 0 amide bonds. The minimum Gasteiger partial charge on any atom is -0.493 e. The number of nitrogens with zero attached hydrogens (tertiary/aromatic N) is 1. The lowest BCUT2D eigenvalue weighted by molar-refractivity contribution is 0.267. The standard InChI is InChI=1S/C13H18N2O2/c1-10(2)15-11(8-14)9-17-13-7-5-4-6-12(13)16-3/h4-7,10-11,15H,9H2,1-3H3. The Labute approximate surface area is 102 Å². The van der Waals surface area contributed by atoms with E-state index in [-0.39, 0.29) is 12.1 Å². The molecule has 4 heteroatoms. The van der Waals surface area contributed by atoms with E-state index in [0.717, 1.165) is 0 Å². The van der Waals surface area contributed by atoms with Gasteiger partial charge in [-0.2, -0.15) is 5.26 Å². The number of rotatable bonds is 6. The van der Waals surface area contributed by atoms with E-state index in [1.165, 1.54) is 0 Å². The summed E-state index contributed by atoms with van der Waals surface area (Å²) >= 11 is 0. The Morgan fingerprint density at radius 3 is 2.47 bits per heavy atom. The monoisotopic (exact) mass is 234 g/mol. The van der Waals surface area contributed by atoms with Gasteiger partial charge in [0.05, 0.1) is 13.2 Å². The second-order valence-electron chi connectivity index (χ2n) is 3.96. The molecule has 0 aliphatic heterocycles. The third-order valence-corrected chi connectivity index (χ3v) is 2.16. The molecule has 1 atom stereocenters. The van der Waals surface area contributed by atoms with Crippen molar-refractivity contribution in [2.75, 3.05) is 13.7 Å². The molecule has 1 unspecified atom stereocenters. The molecule has 1 aromatic carbocycles. The first-order valence-corrected chi connectivity index (χ1v) is 5.59. The molecule has 1 N–H and O–H groups in total. The number of hydrogen-bond acceptors (Lipinski definition) is 4. The van der Waals surface area contributed by atoms with Gasteiger partial charge in [0.2, 0.25) is 0 Å². The Bertz CT molecular complexity index is 385. The zero-order valence-electron chi connectivity index (χ0n) is 10.4. The Kier molecular flexibility index (Phi) is 5.31. The van der Waals surface area contributed by atoms with E-state index < -0.39 is 0 Å². The summed E-state index contributed by atoms with van der Waals surface area (Å²) in [4.78, 5) is 0. The molecule has 0 spiro atoms. The van der Waals surface area contributed by atoms with Crippen LogP contribution in [0.2, 0.25) is 0 Å². The number of ether oxygens (including phenoxy) is 2. The molecule has 1 aromatic rings. The van der Waals surface area contributed by atoms with Gasteiger partial charge in [0, 0.05) is 6.04 Å². The van der Waals surface area contributed by atoms with Crippen LogP contribution in [0.1, 0.15) is 13.8 Å². The van der Waals surface area contributed by atoms with Crippen LogP contribution in [0.25, 0.3) is 0 Å². The van der Waals surface area contributed by atoms with Crippen molar-refractivity contribution in [3.8, 4) is 17.6 Å². The first-order chi connectivity index (χ1) is 8.17. The van der Waals surface area contributed by atoms with Gasteiger partial charge in [-0.15, -0.1) is 0 Å². The number of para-hydroxylation sites is 2. The van der Waals surface area contributed by atoms with Crippen molar-refractivity contribution in [2.24, 2.45) is 0 Å². The fourth-order valence-corrected chi connectivity index (χ4v) is 1.44. The van der Waals surface area contributed by atoms with E-state index in [4.69, 9.17) is 14.7 Å². The van der Waals surface area contributed by atoms with Gasteiger partial charge in [-0.05, 0) is 26.0 Å². The number of hydrogen-bond donors (Lipinski definition) is 1. The fourth-order valence-electron chi connectivity index (χ4n) is 1.44. The molecule has 0 aromatic heterocycles. The topological polar surface area (TPSA) is 54.3 Å². The normalized spacial score (nSPS) is 11.9. The van der Waals surface area contributed by atoms with Crippen molar-refractivity contribution in [3.63, 3.8) is 0 Å². The molecule has 0 aliphatic rings. The molecule has 0 fully saturated rings. The molecule has 0 radical (unpaired) electrons. The van der Waals surface area contributed by atoms with Crippen LogP contribution in [0.4, 0.5) is 0 Å². The third-order valence-electron chi connectivity index (χ3n) is 2.16. The van der Waals surface area contributed by atoms with E-state index in [1.54, 1.807) is 7.11 Å². The quantitative estimate of drug-likeness (QED) is 0.817. The number of nitriles is 1. The smallest absolute Gasteiger partial charge is 0.161 e. The lowest BCUT2D eigenvalue weighted by Gasteiger charge is -2.16. The van der Waals surface area contributed by atoms with E-state index in [2.05, 4.69) is 11.4 Å². The zero-order valence-corrected chi connectivity index (χ0v) is 10.4. The Balaban J connectivity index is 2.57. The summed E-state index contributed by atoms with van der Waals surface area (Å²) in [5.41, 5.74) is 0. The minimum atomic E-state index is -0.320. The van der Waals surface area contributed by atoms with E-state index in [9.17, 15) is 0 Å². The van der Waals surface area contributed by atoms with E-state index in [1.807, 2.05) is 38.1 Å². The van der Waals surface area contributed by atoms with Crippen LogP contribution in [0, 0.1) is 11.3 Å². The fraction of sp³-hybridized carbons (Fsp3) is 0.462. The van der Waals surface area contributed by atoms with Crippen LogP contribution in [-0.4, -0.2) is 25.8 Å². The highest BCUT2D eigenvalue weighted by atomic mass is 16.5. The third kappa shape index (κ3) is 4.33. The second kappa shape index (κ2) is 6.77. The lowest BCUT2D eigenvalue weighted by Crippen LogP contribution is -2.37. The van der Waals surface area contributed by atoms with Gasteiger partial charge >= 0.3 is 0 Å². The molecule has 1 rings (SSSR count). The lowest BCUT2D eigenvalue weighted by atomic mass is 10.3. The molecule has 0 heterocycles. The Hall–Kier alpha value is -1.73. The van der Waals surface area contributed by atoms with Crippen molar-refractivity contribution >= 4 is 0 Å². The summed E-state index contributed by atoms with van der Waals surface area (Å²) in [6.45, 7) is 4.29. The highest BCUT2D eigenvalue weighted by Crippen LogP contribution is 2.25. The maximum absolute atomic E-state index is 8.96. The molecule has 17 heavy (non-hydrogen) atoms. The van der Waals surface area contributed by atoms with Crippen LogP contribution in [0.15, 0.2) is 24.3 Å². The van der Waals surface area contributed by atoms with E-state index >= 15 is 0 Å². The average Bonchev–Trinajstić information content (AvgIpc) is 2.34. The summed E-state index contributed by atoms with van der Waals surface area (Å²) in [6, 6.07) is 9.49. The highest BCUT2D eigenvalue weighted by molar-refractivity contribution is 5.39. The molecule has 0 bridgehead atoms. The van der Waals surface area contributed by atoms with Crippen molar-refractivity contribution in [1.82, 2.24) is 5.32 Å². The zero-order chi connectivity index (χ0) is 12.7. The van der Waals surface area contributed by atoms with Crippen molar-refractivity contribution in [3.05, 3.63) is 24.3 Å². The molecule has 0 saturated carbocycles.